The van der Waals surface area contributed by atoms with Crippen LogP contribution in [0.3, 0.4) is 0 Å². The van der Waals surface area contributed by atoms with E-state index in [1.807, 2.05) is 19.9 Å². The van der Waals surface area contributed by atoms with Gasteiger partial charge < -0.3 is 10.2 Å². The summed E-state index contributed by atoms with van der Waals surface area (Å²) >= 11 is 11.9. The van der Waals surface area contributed by atoms with Crippen LogP contribution in [0.25, 0.3) is 0 Å². The van der Waals surface area contributed by atoms with Gasteiger partial charge in [-0.1, -0.05) is 43.1 Å². The van der Waals surface area contributed by atoms with Gasteiger partial charge in [-0.05, 0) is 67.1 Å². The lowest BCUT2D eigenvalue weighted by atomic mass is 10.0. The van der Waals surface area contributed by atoms with E-state index in [0.29, 0.717) is 10.6 Å². The van der Waals surface area contributed by atoms with Gasteiger partial charge in [0.05, 0.1) is 16.3 Å². The molecule has 2 N–H and O–H groups in total. The van der Waals surface area contributed by atoms with Crippen LogP contribution in [0.4, 0.5) is 5.69 Å². The molecule has 3 rings (SSSR count). The zero-order valence-corrected chi connectivity index (χ0v) is 20.0. The first-order valence-corrected chi connectivity index (χ1v) is 11.5. The maximum Gasteiger partial charge on any atom is 0.262 e. The van der Waals surface area contributed by atoms with Crippen molar-refractivity contribution < 1.29 is 9.59 Å². The highest BCUT2D eigenvalue weighted by Crippen LogP contribution is 2.25. The highest BCUT2D eigenvalue weighted by molar-refractivity contribution is 6.42. The Hall–Kier alpha value is -2.57. The molecule has 6 nitrogen and oxygen atoms in total. The van der Waals surface area contributed by atoms with Crippen molar-refractivity contribution >= 4 is 46.9 Å². The summed E-state index contributed by atoms with van der Waals surface area (Å²) in [5.74, 6) is -0.941. The molecule has 1 unspecified atom stereocenters. The summed E-state index contributed by atoms with van der Waals surface area (Å²) in [7, 11) is 0. The van der Waals surface area contributed by atoms with E-state index in [9.17, 15) is 9.59 Å². The Morgan fingerprint density at radius 3 is 2.41 bits per heavy atom. The van der Waals surface area contributed by atoms with Gasteiger partial charge in [-0.2, -0.15) is 5.10 Å². The molecular weight excluding hydrogens is 447 g/mol. The second-order valence-corrected chi connectivity index (χ2v) is 9.11. The molecule has 1 heterocycles. The Bertz CT molecular complexity index is 1020. The molecule has 1 aliphatic rings. The van der Waals surface area contributed by atoms with Crippen molar-refractivity contribution in [3.05, 3.63) is 63.1 Å². The van der Waals surface area contributed by atoms with E-state index < -0.39 is 17.9 Å². The minimum atomic E-state index is -0.756. The Kier molecular flexibility index (Phi) is 8.15. The largest absolute Gasteiger partial charge is 0.371 e. The van der Waals surface area contributed by atoms with Gasteiger partial charge in [-0.3, -0.25) is 9.59 Å². The number of hydrazone groups is 1. The van der Waals surface area contributed by atoms with Gasteiger partial charge in [0.25, 0.3) is 11.8 Å². The zero-order chi connectivity index (χ0) is 23.3. The smallest absolute Gasteiger partial charge is 0.262 e. The lowest BCUT2D eigenvalue weighted by Gasteiger charge is -2.21. The number of carbonyl (C=O) groups excluding carboxylic acids is 2. The normalized spacial score (nSPS) is 14.8. The lowest BCUT2D eigenvalue weighted by Crippen LogP contribution is -2.48. The highest BCUT2D eigenvalue weighted by Gasteiger charge is 2.24. The van der Waals surface area contributed by atoms with E-state index in [4.69, 9.17) is 23.2 Å². The van der Waals surface area contributed by atoms with Crippen LogP contribution in [0.15, 0.2) is 41.5 Å². The number of hydrogen-bond donors (Lipinski definition) is 2. The Labute approximate surface area is 199 Å². The third kappa shape index (κ3) is 6.02. The van der Waals surface area contributed by atoms with E-state index in [2.05, 4.69) is 39.8 Å². The van der Waals surface area contributed by atoms with Crippen molar-refractivity contribution in [1.82, 2.24) is 10.7 Å². The van der Waals surface area contributed by atoms with Crippen LogP contribution in [0.5, 0.6) is 0 Å². The molecule has 1 aliphatic heterocycles. The van der Waals surface area contributed by atoms with Crippen LogP contribution >= 0.6 is 23.2 Å². The molecule has 0 saturated carbocycles. The predicted molar refractivity (Wildman–Crippen MR) is 131 cm³/mol. The minimum Gasteiger partial charge on any atom is -0.371 e. The number of nitrogens with zero attached hydrogens (tertiary/aromatic N) is 2. The second-order valence-electron chi connectivity index (χ2n) is 8.30. The number of anilines is 1. The molecule has 2 aromatic rings. The number of carbonyl (C=O) groups is 2. The van der Waals surface area contributed by atoms with Crippen LogP contribution in [-0.2, 0) is 4.79 Å². The Morgan fingerprint density at radius 1 is 1.06 bits per heavy atom. The predicted octanol–water partition coefficient (Wildman–Crippen LogP) is 4.81. The number of benzene rings is 2. The molecule has 0 bridgehead atoms. The van der Waals surface area contributed by atoms with E-state index in [1.54, 1.807) is 18.3 Å². The monoisotopic (exact) mass is 474 g/mol. The average molecular weight is 475 g/mol. The molecule has 2 amide bonds. The van der Waals surface area contributed by atoms with E-state index in [0.717, 1.165) is 18.7 Å². The molecule has 0 spiro atoms. The highest BCUT2D eigenvalue weighted by atomic mass is 35.5. The summed E-state index contributed by atoms with van der Waals surface area (Å²) in [6, 6.07) is 9.96. The average Bonchev–Trinajstić information content (AvgIpc) is 3.28. The van der Waals surface area contributed by atoms with E-state index >= 15 is 0 Å². The number of aryl methyl sites for hydroxylation is 1. The quantitative estimate of drug-likeness (QED) is 0.446. The van der Waals surface area contributed by atoms with Crippen molar-refractivity contribution in [2.75, 3.05) is 18.0 Å². The fourth-order valence-electron chi connectivity index (χ4n) is 3.71. The molecular formula is C24H28Cl2N4O2. The molecule has 1 fully saturated rings. The standard InChI is InChI=1S/C24H28Cl2N4O2/c1-15(2)22(28-23(31)18-7-8-19(25)20(26)13-18)24(32)29-27-14-17-6-9-21(16(3)12-17)30-10-4-5-11-30/h6-9,12-15,22H,4-5,10-11H2,1-3H3,(H,28,31)(H,29,32). The van der Waals surface area contributed by atoms with Gasteiger partial charge in [0, 0.05) is 24.3 Å². The zero-order valence-electron chi connectivity index (χ0n) is 18.5. The van der Waals surface area contributed by atoms with E-state index in [1.165, 1.54) is 30.2 Å². The molecule has 2 aromatic carbocycles. The topological polar surface area (TPSA) is 73.8 Å². The van der Waals surface area contributed by atoms with Crippen LogP contribution in [0.1, 0.15) is 48.2 Å². The number of halogens is 2. The summed E-state index contributed by atoms with van der Waals surface area (Å²) < 4.78 is 0. The van der Waals surface area contributed by atoms with Crippen LogP contribution in [-0.4, -0.2) is 37.2 Å². The molecule has 8 heteroatoms. The van der Waals surface area contributed by atoms with Crippen molar-refractivity contribution in [1.29, 1.82) is 0 Å². The summed E-state index contributed by atoms with van der Waals surface area (Å²) in [6.07, 6.45) is 4.07. The molecule has 1 atom stereocenters. The molecule has 170 valence electrons. The first-order valence-electron chi connectivity index (χ1n) is 10.7. The van der Waals surface area contributed by atoms with Crippen molar-refractivity contribution in [3.8, 4) is 0 Å². The minimum absolute atomic E-state index is 0.140. The summed E-state index contributed by atoms with van der Waals surface area (Å²) in [5.41, 5.74) is 6.18. The molecule has 32 heavy (non-hydrogen) atoms. The third-order valence-electron chi connectivity index (χ3n) is 5.47. The second kappa shape index (κ2) is 10.8. The number of hydrogen-bond acceptors (Lipinski definition) is 4. The summed E-state index contributed by atoms with van der Waals surface area (Å²) in [6.45, 7) is 7.97. The first kappa shape index (κ1) is 24.1. The number of nitrogens with one attached hydrogen (secondary N) is 2. The molecule has 1 saturated heterocycles. The van der Waals surface area contributed by atoms with Gasteiger partial charge in [-0.15, -0.1) is 0 Å². The lowest BCUT2D eigenvalue weighted by molar-refractivity contribution is -0.123. The first-order chi connectivity index (χ1) is 15.3. The van der Waals surface area contributed by atoms with Crippen molar-refractivity contribution in [3.63, 3.8) is 0 Å². The summed E-state index contributed by atoms with van der Waals surface area (Å²) in [4.78, 5) is 27.6. The maximum absolute atomic E-state index is 12.7. The maximum atomic E-state index is 12.7. The van der Waals surface area contributed by atoms with Gasteiger partial charge in [-0.25, -0.2) is 5.43 Å². The Balaban J connectivity index is 1.62. The third-order valence-corrected chi connectivity index (χ3v) is 6.21. The molecule has 0 aromatic heterocycles. The fourth-order valence-corrected chi connectivity index (χ4v) is 4.01. The van der Waals surface area contributed by atoms with Crippen molar-refractivity contribution in [2.45, 2.75) is 39.7 Å². The van der Waals surface area contributed by atoms with Gasteiger partial charge >= 0.3 is 0 Å². The SMILES string of the molecule is Cc1cc(C=NNC(=O)C(NC(=O)c2ccc(Cl)c(Cl)c2)C(C)C)ccc1N1CCCC1. The van der Waals surface area contributed by atoms with E-state index in [-0.39, 0.29) is 10.9 Å². The van der Waals surface area contributed by atoms with Crippen LogP contribution in [0.2, 0.25) is 10.0 Å². The molecule has 0 radical (unpaired) electrons. The number of rotatable bonds is 7. The van der Waals surface area contributed by atoms with Gasteiger partial charge in [0.15, 0.2) is 0 Å². The molecule has 0 aliphatic carbocycles. The van der Waals surface area contributed by atoms with Gasteiger partial charge in [0.2, 0.25) is 0 Å². The van der Waals surface area contributed by atoms with Crippen LogP contribution < -0.4 is 15.6 Å². The number of amides is 2. The van der Waals surface area contributed by atoms with Gasteiger partial charge in [0.1, 0.15) is 6.04 Å². The summed E-state index contributed by atoms with van der Waals surface area (Å²) in [5, 5.41) is 7.47. The fraction of sp³-hybridized carbons (Fsp3) is 0.375. The Morgan fingerprint density at radius 2 is 1.78 bits per heavy atom. The van der Waals surface area contributed by atoms with Crippen molar-refractivity contribution in [2.24, 2.45) is 11.0 Å². The van der Waals surface area contributed by atoms with Crippen LogP contribution in [0, 0.1) is 12.8 Å².